The quantitative estimate of drug-likeness (QED) is 0.785. The highest BCUT2D eigenvalue weighted by Crippen LogP contribution is 2.19. The third kappa shape index (κ3) is 5.53. The van der Waals surface area contributed by atoms with Crippen LogP contribution >= 0.6 is 15.9 Å². The van der Waals surface area contributed by atoms with E-state index in [4.69, 9.17) is 0 Å². The second kappa shape index (κ2) is 8.59. The fraction of sp³-hybridized carbons (Fsp3) is 0.278. The van der Waals surface area contributed by atoms with Crippen molar-refractivity contribution in [1.29, 1.82) is 0 Å². The summed E-state index contributed by atoms with van der Waals surface area (Å²) < 4.78 is 1.09. The number of nitrogens with one attached hydrogen (secondary N) is 2. The second-order valence-corrected chi connectivity index (χ2v) is 6.08. The molecule has 0 aliphatic heterocycles. The molecule has 2 rings (SSSR count). The molecule has 2 N–H and O–H groups in total. The summed E-state index contributed by atoms with van der Waals surface area (Å²) in [5.41, 5.74) is 3.46. The first-order chi connectivity index (χ1) is 10.6. The van der Waals surface area contributed by atoms with Crippen molar-refractivity contribution in [3.05, 3.63) is 64.1 Å². The van der Waals surface area contributed by atoms with E-state index in [0.29, 0.717) is 19.5 Å². The highest BCUT2D eigenvalue weighted by atomic mass is 79.9. The summed E-state index contributed by atoms with van der Waals surface area (Å²) in [6.45, 7) is 3.37. The van der Waals surface area contributed by atoms with Gasteiger partial charge in [0.05, 0.1) is 0 Å². The van der Waals surface area contributed by atoms with Crippen LogP contribution in [-0.2, 0) is 11.2 Å². The van der Waals surface area contributed by atoms with Gasteiger partial charge in [0, 0.05) is 29.7 Å². The minimum absolute atomic E-state index is 0.0808. The summed E-state index contributed by atoms with van der Waals surface area (Å²) in [4.78, 5) is 11.8. The van der Waals surface area contributed by atoms with Gasteiger partial charge in [-0.25, -0.2) is 0 Å². The first kappa shape index (κ1) is 16.6. The van der Waals surface area contributed by atoms with E-state index in [1.807, 2.05) is 37.3 Å². The van der Waals surface area contributed by atoms with E-state index in [1.54, 1.807) is 0 Å². The molecule has 0 aromatic heterocycles. The third-order valence-corrected chi connectivity index (χ3v) is 4.31. The van der Waals surface area contributed by atoms with Gasteiger partial charge in [0.2, 0.25) is 5.91 Å². The highest BCUT2D eigenvalue weighted by molar-refractivity contribution is 9.10. The Morgan fingerprint density at radius 3 is 2.59 bits per heavy atom. The first-order valence-electron chi connectivity index (χ1n) is 7.46. The lowest BCUT2D eigenvalue weighted by Crippen LogP contribution is -2.27. The van der Waals surface area contributed by atoms with E-state index in [1.165, 1.54) is 11.1 Å². The minimum atomic E-state index is 0.0808. The molecule has 0 saturated heterocycles. The Morgan fingerprint density at radius 1 is 1.09 bits per heavy atom. The molecular formula is C18H21BrN2O. The largest absolute Gasteiger partial charge is 0.385 e. The summed E-state index contributed by atoms with van der Waals surface area (Å²) >= 11 is 3.48. The molecule has 0 radical (unpaired) electrons. The molecule has 0 bridgehead atoms. The van der Waals surface area contributed by atoms with Crippen molar-refractivity contribution in [2.75, 3.05) is 18.4 Å². The van der Waals surface area contributed by atoms with Gasteiger partial charge in [-0.15, -0.1) is 0 Å². The van der Waals surface area contributed by atoms with Crippen molar-refractivity contribution < 1.29 is 4.79 Å². The normalized spacial score (nSPS) is 10.3. The van der Waals surface area contributed by atoms with E-state index < -0.39 is 0 Å². The number of rotatable bonds is 7. The van der Waals surface area contributed by atoms with Crippen LogP contribution in [0, 0.1) is 6.92 Å². The maximum Gasteiger partial charge on any atom is 0.221 e. The molecule has 1 amide bonds. The fourth-order valence-corrected chi connectivity index (χ4v) is 2.40. The summed E-state index contributed by atoms with van der Waals surface area (Å²) in [6, 6.07) is 16.3. The Labute approximate surface area is 140 Å². The predicted octanol–water partition coefficient (Wildman–Crippen LogP) is 3.92. The minimum Gasteiger partial charge on any atom is -0.385 e. The molecule has 0 unspecified atom stereocenters. The van der Waals surface area contributed by atoms with Crippen LogP contribution in [0.15, 0.2) is 53.0 Å². The van der Waals surface area contributed by atoms with Crippen molar-refractivity contribution in [1.82, 2.24) is 5.32 Å². The standard InChI is InChI=1S/C18H21BrN2O/c1-14-13-16(7-8-17(14)19)20-12-10-18(22)21-11-9-15-5-3-2-4-6-15/h2-8,13,20H,9-12H2,1H3,(H,21,22). The van der Waals surface area contributed by atoms with Gasteiger partial charge in [0.15, 0.2) is 0 Å². The van der Waals surface area contributed by atoms with Crippen molar-refractivity contribution in [2.45, 2.75) is 19.8 Å². The van der Waals surface area contributed by atoms with Crippen LogP contribution in [0.1, 0.15) is 17.5 Å². The monoisotopic (exact) mass is 360 g/mol. The van der Waals surface area contributed by atoms with E-state index in [0.717, 1.165) is 16.6 Å². The second-order valence-electron chi connectivity index (χ2n) is 5.23. The summed E-state index contributed by atoms with van der Waals surface area (Å²) in [6.07, 6.45) is 1.34. The van der Waals surface area contributed by atoms with Gasteiger partial charge in [-0.1, -0.05) is 46.3 Å². The van der Waals surface area contributed by atoms with E-state index in [9.17, 15) is 4.79 Å². The van der Waals surface area contributed by atoms with Gasteiger partial charge in [-0.3, -0.25) is 4.79 Å². The Morgan fingerprint density at radius 2 is 1.86 bits per heavy atom. The maximum atomic E-state index is 11.8. The van der Waals surface area contributed by atoms with Gasteiger partial charge < -0.3 is 10.6 Å². The number of benzene rings is 2. The zero-order valence-corrected chi connectivity index (χ0v) is 14.3. The number of anilines is 1. The molecule has 116 valence electrons. The summed E-state index contributed by atoms with van der Waals surface area (Å²) in [7, 11) is 0. The molecule has 2 aromatic carbocycles. The number of aryl methyl sites for hydroxylation is 1. The van der Waals surface area contributed by atoms with Crippen molar-refractivity contribution in [3.63, 3.8) is 0 Å². The molecule has 0 saturated carbocycles. The van der Waals surface area contributed by atoms with Crippen LogP contribution in [0.3, 0.4) is 0 Å². The van der Waals surface area contributed by atoms with E-state index in [2.05, 4.69) is 44.8 Å². The Bertz CT molecular complexity index is 614. The topological polar surface area (TPSA) is 41.1 Å². The van der Waals surface area contributed by atoms with Gasteiger partial charge in [-0.2, -0.15) is 0 Å². The molecule has 3 nitrogen and oxygen atoms in total. The van der Waals surface area contributed by atoms with Gasteiger partial charge in [-0.05, 0) is 42.7 Å². The van der Waals surface area contributed by atoms with Gasteiger partial charge in [0.25, 0.3) is 0 Å². The summed E-state index contributed by atoms with van der Waals surface area (Å²) in [5, 5.41) is 6.22. The van der Waals surface area contributed by atoms with Gasteiger partial charge >= 0.3 is 0 Å². The molecule has 0 aliphatic carbocycles. The SMILES string of the molecule is Cc1cc(NCCC(=O)NCCc2ccccc2)ccc1Br. The Hall–Kier alpha value is -1.81. The maximum absolute atomic E-state index is 11.8. The lowest BCUT2D eigenvalue weighted by molar-refractivity contribution is -0.120. The van der Waals surface area contributed by atoms with Crippen LogP contribution < -0.4 is 10.6 Å². The molecule has 2 aromatic rings. The Balaban J connectivity index is 1.64. The van der Waals surface area contributed by atoms with Crippen LogP contribution in [-0.4, -0.2) is 19.0 Å². The van der Waals surface area contributed by atoms with Crippen LogP contribution in [0.25, 0.3) is 0 Å². The zero-order valence-electron chi connectivity index (χ0n) is 12.7. The average Bonchev–Trinajstić information content (AvgIpc) is 2.52. The molecule has 0 aliphatic rings. The molecule has 22 heavy (non-hydrogen) atoms. The van der Waals surface area contributed by atoms with Crippen LogP contribution in [0.5, 0.6) is 0 Å². The molecule has 0 spiro atoms. The fourth-order valence-electron chi connectivity index (χ4n) is 2.15. The number of carbonyl (C=O) groups is 1. The van der Waals surface area contributed by atoms with Crippen molar-refractivity contribution in [3.8, 4) is 0 Å². The van der Waals surface area contributed by atoms with Crippen molar-refractivity contribution >= 4 is 27.5 Å². The van der Waals surface area contributed by atoms with Crippen LogP contribution in [0.4, 0.5) is 5.69 Å². The number of hydrogen-bond acceptors (Lipinski definition) is 2. The lowest BCUT2D eigenvalue weighted by atomic mass is 10.1. The number of hydrogen-bond donors (Lipinski definition) is 2. The van der Waals surface area contributed by atoms with Gasteiger partial charge in [0.1, 0.15) is 0 Å². The molecular weight excluding hydrogens is 340 g/mol. The van der Waals surface area contributed by atoms with Crippen molar-refractivity contribution in [2.24, 2.45) is 0 Å². The number of halogens is 1. The number of amides is 1. The van der Waals surface area contributed by atoms with E-state index in [-0.39, 0.29) is 5.91 Å². The third-order valence-electron chi connectivity index (χ3n) is 3.42. The van der Waals surface area contributed by atoms with Crippen LogP contribution in [0.2, 0.25) is 0 Å². The zero-order chi connectivity index (χ0) is 15.8. The summed E-state index contributed by atoms with van der Waals surface area (Å²) in [5.74, 6) is 0.0808. The first-order valence-corrected chi connectivity index (χ1v) is 8.25. The average molecular weight is 361 g/mol. The Kier molecular flexibility index (Phi) is 6.46. The predicted molar refractivity (Wildman–Crippen MR) is 95.1 cm³/mol. The molecule has 4 heteroatoms. The van der Waals surface area contributed by atoms with E-state index >= 15 is 0 Å². The molecule has 0 fully saturated rings. The smallest absolute Gasteiger partial charge is 0.221 e. The number of carbonyl (C=O) groups excluding carboxylic acids is 1. The molecule has 0 atom stereocenters. The molecule has 0 heterocycles. The highest BCUT2D eigenvalue weighted by Gasteiger charge is 2.02. The lowest BCUT2D eigenvalue weighted by Gasteiger charge is -2.09.